The number of thioether (sulfide) groups is 1. The minimum Gasteiger partial charge on any atom is -0.497 e. The van der Waals surface area contributed by atoms with Gasteiger partial charge in [-0.15, -0.1) is 10.2 Å². The zero-order valence-electron chi connectivity index (χ0n) is 17.1. The monoisotopic (exact) mass is 421 g/mol. The lowest BCUT2D eigenvalue weighted by Crippen LogP contribution is -2.16. The van der Waals surface area contributed by atoms with Crippen molar-refractivity contribution in [1.82, 2.24) is 14.8 Å². The number of para-hydroxylation sites is 1. The van der Waals surface area contributed by atoms with E-state index in [-0.39, 0.29) is 11.7 Å². The molecule has 0 aliphatic carbocycles. The lowest BCUT2D eigenvalue weighted by molar-refractivity contribution is -0.113. The van der Waals surface area contributed by atoms with Crippen LogP contribution in [0.15, 0.2) is 53.7 Å². The molecule has 1 aromatic heterocycles. The molecule has 0 atom stereocenters. The van der Waals surface area contributed by atoms with Gasteiger partial charge in [0.15, 0.2) is 11.0 Å². The first-order valence-corrected chi connectivity index (χ1v) is 10.5. The number of nitrogens with zero attached hydrogens (tertiary/aromatic N) is 4. The Kier molecular flexibility index (Phi) is 7.09. The lowest BCUT2D eigenvalue weighted by Gasteiger charge is -2.13. The van der Waals surface area contributed by atoms with E-state index in [2.05, 4.69) is 35.4 Å². The molecule has 0 saturated carbocycles. The van der Waals surface area contributed by atoms with E-state index in [9.17, 15) is 4.79 Å². The maximum atomic E-state index is 12.4. The van der Waals surface area contributed by atoms with Crippen molar-refractivity contribution in [2.24, 2.45) is 5.92 Å². The number of amides is 1. The highest BCUT2D eigenvalue weighted by Gasteiger charge is 2.17. The summed E-state index contributed by atoms with van der Waals surface area (Å²) in [6, 6.07) is 16.7. The van der Waals surface area contributed by atoms with Crippen molar-refractivity contribution in [3.63, 3.8) is 0 Å². The quantitative estimate of drug-likeness (QED) is 0.548. The van der Waals surface area contributed by atoms with Crippen LogP contribution in [0.1, 0.15) is 19.4 Å². The van der Waals surface area contributed by atoms with Gasteiger partial charge in [0.05, 0.1) is 24.1 Å². The van der Waals surface area contributed by atoms with E-state index >= 15 is 0 Å². The molecule has 2 aromatic carbocycles. The number of hydrogen-bond acceptors (Lipinski definition) is 6. The number of rotatable bonds is 8. The first kappa shape index (κ1) is 21.4. The van der Waals surface area contributed by atoms with Crippen LogP contribution in [0.3, 0.4) is 0 Å². The molecule has 3 rings (SSSR count). The van der Waals surface area contributed by atoms with E-state index < -0.39 is 0 Å². The summed E-state index contributed by atoms with van der Waals surface area (Å²) in [5.41, 5.74) is 1.87. The number of hydrogen-bond donors (Lipinski definition) is 1. The van der Waals surface area contributed by atoms with Gasteiger partial charge in [0.1, 0.15) is 11.8 Å². The molecule has 0 saturated heterocycles. The molecule has 7 nitrogen and oxygen atoms in total. The van der Waals surface area contributed by atoms with Crippen molar-refractivity contribution in [3.05, 3.63) is 54.1 Å². The van der Waals surface area contributed by atoms with Crippen LogP contribution in [0, 0.1) is 17.2 Å². The minimum absolute atomic E-state index is 0.165. The fraction of sp³-hybridized carbons (Fsp3) is 0.273. The molecule has 0 aliphatic heterocycles. The van der Waals surface area contributed by atoms with E-state index in [1.165, 1.54) is 11.8 Å². The Morgan fingerprint density at radius 2 is 1.93 bits per heavy atom. The van der Waals surface area contributed by atoms with Crippen LogP contribution in [0.5, 0.6) is 5.75 Å². The number of ether oxygens (including phenoxy) is 1. The highest BCUT2D eigenvalue weighted by Crippen LogP contribution is 2.27. The van der Waals surface area contributed by atoms with Crippen LogP contribution in [0.25, 0.3) is 11.4 Å². The number of methoxy groups -OCH3 is 1. The second-order valence-corrected chi connectivity index (χ2v) is 7.98. The number of nitrogens with one attached hydrogen (secondary N) is 1. The summed E-state index contributed by atoms with van der Waals surface area (Å²) < 4.78 is 7.26. The molecule has 0 bridgehead atoms. The van der Waals surface area contributed by atoms with Crippen molar-refractivity contribution in [2.75, 3.05) is 18.2 Å². The average molecular weight is 422 g/mol. The van der Waals surface area contributed by atoms with Crippen molar-refractivity contribution in [1.29, 1.82) is 5.26 Å². The topological polar surface area (TPSA) is 92.8 Å². The number of carbonyl (C=O) groups excluding carboxylic acids is 1. The maximum Gasteiger partial charge on any atom is 0.234 e. The van der Waals surface area contributed by atoms with Crippen LogP contribution in [0.4, 0.5) is 5.69 Å². The van der Waals surface area contributed by atoms with Gasteiger partial charge in [0, 0.05) is 12.1 Å². The van der Waals surface area contributed by atoms with Gasteiger partial charge >= 0.3 is 0 Å². The Hall–Kier alpha value is -3.31. The van der Waals surface area contributed by atoms with Gasteiger partial charge in [0.25, 0.3) is 0 Å². The lowest BCUT2D eigenvalue weighted by atomic mass is 10.2. The third-order valence-electron chi connectivity index (χ3n) is 4.27. The number of nitriles is 1. The summed E-state index contributed by atoms with van der Waals surface area (Å²) in [5.74, 6) is 1.88. The van der Waals surface area contributed by atoms with Crippen LogP contribution in [-0.4, -0.2) is 33.5 Å². The molecular weight excluding hydrogens is 398 g/mol. The first-order chi connectivity index (χ1) is 14.5. The standard InChI is InChI=1S/C22H23N5O2S/c1-15(2)13-27-21(16-8-10-18(29-3)11-9-16)25-26-22(27)30-14-20(28)24-19-7-5-4-6-17(19)12-23/h4-11,15H,13-14H2,1-3H3,(H,24,28). The molecule has 0 aliphatic rings. The smallest absolute Gasteiger partial charge is 0.234 e. The zero-order chi connectivity index (χ0) is 21.5. The van der Waals surface area contributed by atoms with Gasteiger partial charge in [-0.25, -0.2) is 0 Å². The molecule has 8 heteroatoms. The van der Waals surface area contributed by atoms with E-state index in [0.29, 0.717) is 22.3 Å². The Morgan fingerprint density at radius 1 is 1.20 bits per heavy atom. The van der Waals surface area contributed by atoms with Gasteiger partial charge in [-0.05, 0) is 42.3 Å². The molecule has 1 amide bonds. The van der Waals surface area contributed by atoms with Crippen LogP contribution in [-0.2, 0) is 11.3 Å². The second kappa shape index (κ2) is 9.94. The van der Waals surface area contributed by atoms with Crippen molar-refractivity contribution in [2.45, 2.75) is 25.5 Å². The summed E-state index contributed by atoms with van der Waals surface area (Å²) in [6.45, 7) is 4.98. The summed E-state index contributed by atoms with van der Waals surface area (Å²) in [6.07, 6.45) is 0. The summed E-state index contributed by atoms with van der Waals surface area (Å²) in [4.78, 5) is 12.4. The fourth-order valence-corrected chi connectivity index (χ4v) is 3.63. The molecule has 3 aromatic rings. The molecule has 0 spiro atoms. The number of aromatic nitrogens is 3. The number of anilines is 1. The van der Waals surface area contributed by atoms with Gasteiger partial charge in [-0.3, -0.25) is 4.79 Å². The predicted molar refractivity (Wildman–Crippen MR) is 117 cm³/mol. The minimum atomic E-state index is -0.201. The van der Waals surface area contributed by atoms with Crippen molar-refractivity contribution in [3.8, 4) is 23.2 Å². The molecule has 0 fully saturated rings. The number of carbonyl (C=O) groups is 1. The van der Waals surface area contributed by atoms with E-state index in [1.54, 1.807) is 31.4 Å². The maximum absolute atomic E-state index is 12.4. The van der Waals surface area contributed by atoms with Gasteiger partial charge in [0.2, 0.25) is 5.91 Å². The molecule has 1 heterocycles. The third-order valence-corrected chi connectivity index (χ3v) is 5.23. The molecule has 30 heavy (non-hydrogen) atoms. The second-order valence-electron chi connectivity index (χ2n) is 7.03. The normalized spacial score (nSPS) is 10.6. The molecule has 0 unspecified atom stereocenters. The predicted octanol–water partition coefficient (Wildman–Crippen LogP) is 4.21. The van der Waals surface area contributed by atoms with E-state index in [1.807, 2.05) is 28.8 Å². The summed E-state index contributed by atoms with van der Waals surface area (Å²) >= 11 is 1.32. The van der Waals surface area contributed by atoms with E-state index in [0.717, 1.165) is 23.7 Å². The van der Waals surface area contributed by atoms with Crippen LogP contribution < -0.4 is 10.1 Å². The average Bonchev–Trinajstić information content (AvgIpc) is 3.14. The van der Waals surface area contributed by atoms with Gasteiger partial charge < -0.3 is 14.6 Å². The van der Waals surface area contributed by atoms with Crippen molar-refractivity contribution < 1.29 is 9.53 Å². The zero-order valence-corrected chi connectivity index (χ0v) is 17.9. The Bertz CT molecular complexity index is 1050. The Morgan fingerprint density at radius 3 is 2.60 bits per heavy atom. The Balaban J connectivity index is 1.76. The molecule has 0 radical (unpaired) electrons. The highest BCUT2D eigenvalue weighted by molar-refractivity contribution is 7.99. The van der Waals surface area contributed by atoms with Crippen LogP contribution >= 0.6 is 11.8 Å². The van der Waals surface area contributed by atoms with Crippen molar-refractivity contribution >= 4 is 23.4 Å². The number of benzene rings is 2. The molecular formula is C22H23N5O2S. The Labute approximate surface area is 180 Å². The summed E-state index contributed by atoms with van der Waals surface area (Å²) in [7, 11) is 1.63. The van der Waals surface area contributed by atoms with Crippen LogP contribution in [0.2, 0.25) is 0 Å². The summed E-state index contributed by atoms with van der Waals surface area (Å²) in [5, 5.41) is 21.3. The fourth-order valence-electron chi connectivity index (χ4n) is 2.88. The van der Waals surface area contributed by atoms with Gasteiger partial charge in [-0.2, -0.15) is 5.26 Å². The van der Waals surface area contributed by atoms with Gasteiger partial charge in [-0.1, -0.05) is 37.7 Å². The first-order valence-electron chi connectivity index (χ1n) is 9.51. The third kappa shape index (κ3) is 5.19. The SMILES string of the molecule is COc1ccc(-c2nnc(SCC(=O)Nc3ccccc3C#N)n2CC(C)C)cc1. The molecule has 1 N–H and O–H groups in total. The molecule has 154 valence electrons. The largest absolute Gasteiger partial charge is 0.497 e. The van der Waals surface area contributed by atoms with E-state index in [4.69, 9.17) is 10.00 Å². The highest BCUT2D eigenvalue weighted by atomic mass is 32.2.